The largest absolute Gasteiger partial charge is 0.385 e. The molecular weight excluding hydrogens is 465 g/mol. The second kappa shape index (κ2) is 13.2. The van der Waals surface area contributed by atoms with Crippen LogP contribution >= 0.6 is 24.0 Å². The summed E-state index contributed by atoms with van der Waals surface area (Å²) in [5.41, 5.74) is 0.378. The molecule has 28 heavy (non-hydrogen) atoms. The molecular formula is C21H44IN5O. The molecule has 0 amide bonds. The number of likely N-dealkylation sites (N-methyl/N-ethyl adjacent to an activating group) is 1. The van der Waals surface area contributed by atoms with E-state index in [1.807, 2.05) is 7.05 Å². The summed E-state index contributed by atoms with van der Waals surface area (Å²) in [6, 6.07) is 0.547. The predicted octanol–water partition coefficient (Wildman–Crippen LogP) is 2.64. The van der Waals surface area contributed by atoms with Gasteiger partial charge in [0.15, 0.2) is 5.96 Å². The molecule has 1 saturated heterocycles. The molecule has 0 radical (unpaired) electrons. The van der Waals surface area contributed by atoms with Gasteiger partial charge in [0, 0.05) is 66.1 Å². The Morgan fingerprint density at radius 1 is 1.11 bits per heavy atom. The third kappa shape index (κ3) is 7.95. The summed E-state index contributed by atoms with van der Waals surface area (Å²) in [5.74, 6) is 1.57. The van der Waals surface area contributed by atoms with Gasteiger partial charge in [-0.05, 0) is 37.6 Å². The molecule has 1 aliphatic carbocycles. The minimum atomic E-state index is 0. The van der Waals surface area contributed by atoms with Gasteiger partial charge in [-0.25, -0.2) is 0 Å². The molecule has 1 aliphatic heterocycles. The van der Waals surface area contributed by atoms with Crippen molar-refractivity contribution >= 4 is 29.9 Å². The van der Waals surface area contributed by atoms with Crippen molar-refractivity contribution in [2.75, 3.05) is 67.1 Å². The van der Waals surface area contributed by atoms with E-state index in [4.69, 9.17) is 4.74 Å². The first-order valence-corrected chi connectivity index (χ1v) is 10.9. The molecule has 1 saturated carbocycles. The number of methoxy groups -OCH3 is 1. The first-order chi connectivity index (χ1) is 13.0. The summed E-state index contributed by atoms with van der Waals surface area (Å²) in [7, 11) is 5.90. The SMILES string of the molecule is CN=C(NCC(C(C)C)N1CCN(C)CC1)NCC1(CCOC)CCCC1.I. The fourth-order valence-corrected chi connectivity index (χ4v) is 4.59. The van der Waals surface area contributed by atoms with Crippen molar-refractivity contribution < 1.29 is 4.74 Å². The molecule has 0 aromatic rings. The lowest BCUT2D eigenvalue weighted by atomic mass is 9.83. The molecule has 2 fully saturated rings. The quantitative estimate of drug-likeness (QED) is 0.285. The van der Waals surface area contributed by atoms with Crippen LogP contribution in [-0.2, 0) is 4.74 Å². The van der Waals surface area contributed by atoms with Crippen molar-refractivity contribution in [1.29, 1.82) is 0 Å². The molecule has 0 aromatic carbocycles. The maximum absolute atomic E-state index is 5.36. The van der Waals surface area contributed by atoms with Gasteiger partial charge in [0.2, 0.25) is 0 Å². The van der Waals surface area contributed by atoms with Gasteiger partial charge in [-0.15, -0.1) is 24.0 Å². The third-order valence-corrected chi connectivity index (χ3v) is 6.61. The Hall–Kier alpha value is -0.120. The molecule has 0 spiro atoms. The molecule has 2 aliphatic rings. The lowest BCUT2D eigenvalue weighted by Crippen LogP contribution is -2.55. The summed E-state index contributed by atoms with van der Waals surface area (Å²) in [6.45, 7) is 12.1. The van der Waals surface area contributed by atoms with Gasteiger partial charge in [-0.1, -0.05) is 26.7 Å². The zero-order valence-electron chi connectivity index (χ0n) is 18.8. The van der Waals surface area contributed by atoms with E-state index in [1.165, 1.54) is 25.7 Å². The average Bonchev–Trinajstić information content (AvgIpc) is 3.13. The van der Waals surface area contributed by atoms with E-state index in [9.17, 15) is 0 Å². The summed E-state index contributed by atoms with van der Waals surface area (Å²) < 4.78 is 5.36. The van der Waals surface area contributed by atoms with Crippen LogP contribution in [0.1, 0.15) is 46.0 Å². The summed E-state index contributed by atoms with van der Waals surface area (Å²) in [4.78, 5) is 9.55. The number of halogens is 1. The van der Waals surface area contributed by atoms with Crippen molar-refractivity contribution in [3.63, 3.8) is 0 Å². The maximum atomic E-state index is 5.36. The standard InChI is InChI=1S/C21H43N5O.HI/c1-18(2)19(26-13-11-25(4)12-14-26)16-23-20(22-3)24-17-21(10-15-27-5)8-6-7-9-21;/h18-19H,6-17H2,1-5H3,(H2,22,23,24);1H. The van der Waals surface area contributed by atoms with E-state index in [0.717, 1.165) is 58.3 Å². The Bertz CT molecular complexity index is 446. The minimum absolute atomic E-state index is 0. The summed E-state index contributed by atoms with van der Waals surface area (Å²) in [6.07, 6.45) is 6.43. The lowest BCUT2D eigenvalue weighted by molar-refractivity contribution is 0.0899. The van der Waals surface area contributed by atoms with Crippen LogP contribution in [0.4, 0.5) is 0 Å². The average molecular weight is 510 g/mol. The molecule has 7 heteroatoms. The highest BCUT2D eigenvalue weighted by molar-refractivity contribution is 14.0. The van der Waals surface area contributed by atoms with Crippen LogP contribution in [-0.4, -0.2) is 88.9 Å². The highest BCUT2D eigenvalue weighted by atomic mass is 127. The first-order valence-electron chi connectivity index (χ1n) is 10.9. The fraction of sp³-hybridized carbons (Fsp3) is 0.952. The van der Waals surface area contributed by atoms with E-state index in [-0.39, 0.29) is 24.0 Å². The predicted molar refractivity (Wildman–Crippen MR) is 130 cm³/mol. The van der Waals surface area contributed by atoms with Crippen molar-refractivity contribution in [3.05, 3.63) is 0 Å². The van der Waals surface area contributed by atoms with E-state index >= 15 is 0 Å². The zero-order valence-corrected chi connectivity index (χ0v) is 21.1. The molecule has 166 valence electrons. The van der Waals surface area contributed by atoms with Gasteiger partial charge in [0.1, 0.15) is 0 Å². The minimum Gasteiger partial charge on any atom is -0.385 e. The third-order valence-electron chi connectivity index (χ3n) is 6.61. The van der Waals surface area contributed by atoms with Crippen molar-refractivity contribution in [2.45, 2.75) is 52.0 Å². The smallest absolute Gasteiger partial charge is 0.191 e. The van der Waals surface area contributed by atoms with Crippen molar-refractivity contribution in [3.8, 4) is 0 Å². The van der Waals surface area contributed by atoms with Crippen LogP contribution in [0.25, 0.3) is 0 Å². The highest BCUT2D eigenvalue weighted by Crippen LogP contribution is 2.40. The van der Waals surface area contributed by atoms with Crippen LogP contribution in [0, 0.1) is 11.3 Å². The molecule has 0 aromatic heterocycles. The van der Waals surface area contributed by atoms with E-state index in [0.29, 0.717) is 17.4 Å². The van der Waals surface area contributed by atoms with Crippen LogP contribution in [0.15, 0.2) is 4.99 Å². The zero-order chi connectivity index (χ0) is 19.7. The molecule has 1 heterocycles. The highest BCUT2D eigenvalue weighted by Gasteiger charge is 2.33. The van der Waals surface area contributed by atoms with Crippen molar-refractivity contribution in [2.24, 2.45) is 16.3 Å². The molecule has 2 N–H and O–H groups in total. The van der Waals surface area contributed by atoms with Crippen LogP contribution in [0.3, 0.4) is 0 Å². The number of guanidine groups is 1. The fourth-order valence-electron chi connectivity index (χ4n) is 4.59. The van der Waals surface area contributed by atoms with Crippen molar-refractivity contribution in [1.82, 2.24) is 20.4 Å². The number of hydrogen-bond donors (Lipinski definition) is 2. The van der Waals surface area contributed by atoms with E-state index in [1.54, 1.807) is 7.11 Å². The number of hydrogen-bond acceptors (Lipinski definition) is 4. The topological polar surface area (TPSA) is 52.1 Å². The number of aliphatic imine (C=N–C) groups is 1. The summed E-state index contributed by atoms with van der Waals surface area (Å²) in [5, 5.41) is 7.23. The second-order valence-corrected chi connectivity index (χ2v) is 8.91. The van der Waals surface area contributed by atoms with Gasteiger partial charge in [0.25, 0.3) is 0 Å². The number of ether oxygens (including phenoxy) is 1. The second-order valence-electron chi connectivity index (χ2n) is 8.91. The Balaban J connectivity index is 0.00000392. The molecule has 0 bridgehead atoms. The van der Waals surface area contributed by atoms with Crippen LogP contribution < -0.4 is 10.6 Å². The first kappa shape index (κ1) is 25.9. The van der Waals surface area contributed by atoms with Gasteiger partial charge < -0.3 is 20.3 Å². The van der Waals surface area contributed by atoms with Gasteiger partial charge in [-0.3, -0.25) is 9.89 Å². The molecule has 1 unspecified atom stereocenters. The van der Waals surface area contributed by atoms with E-state index in [2.05, 4.69) is 46.3 Å². The number of rotatable bonds is 9. The van der Waals surface area contributed by atoms with Gasteiger partial charge >= 0.3 is 0 Å². The normalized spacial score (nSPS) is 22.1. The summed E-state index contributed by atoms with van der Waals surface area (Å²) >= 11 is 0. The number of nitrogens with zero attached hydrogens (tertiary/aromatic N) is 3. The van der Waals surface area contributed by atoms with Crippen LogP contribution in [0.2, 0.25) is 0 Å². The van der Waals surface area contributed by atoms with Gasteiger partial charge in [0.05, 0.1) is 0 Å². The molecule has 2 rings (SSSR count). The Kier molecular flexibility index (Phi) is 12.3. The Morgan fingerprint density at radius 3 is 2.29 bits per heavy atom. The molecule has 6 nitrogen and oxygen atoms in total. The maximum Gasteiger partial charge on any atom is 0.191 e. The molecule has 1 atom stereocenters. The van der Waals surface area contributed by atoms with E-state index < -0.39 is 0 Å². The van der Waals surface area contributed by atoms with Gasteiger partial charge in [-0.2, -0.15) is 0 Å². The Morgan fingerprint density at radius 2 is 1.75 bits per heavy atom. The Labute approximate surface area is 190 Å². The number of nitrogens with one attached hydrogen (secondary N) is 2. The lowest BCUT2D eigenvalue weighted by Gasteiger charge is -2.40. The monoisotopic (exact) mass is 509 g/mol. The van der Waals surface area contributed by atoms with Crippen LogP contribution in [0.5, 0.6) is 0 Å². The number of piperazine rings is 1.